The summed E-state index contributed by atoms with van der Waals surface area (Å²) in [6, 6.07) is 5.08. The van der Waals surface area contributed by atoms with Gasteiger partial charge in [0.25, 0.3) is 0 Å². The van der Waals surface area contributed by atoms with Crippen molar-refractivity contribution in [1.29, 1.82) is 0 Å². The summed E-state index contributed by atoms with van der Waals surface area (Å²) < 4.78 is 6.47. The van der Waals surface area contributed by atoms with Gasteiger partial charge in [-0.25, -0.2) is 4.79 Å². The summed E-state index contributed by atoms with van der Waals surface area (Å²) in [5, 5.41) is 7.67. The first-order chi connectivity index (χ1) is 10.0. The molecule has 2 rings (SSSR count). The second-order valence-corrected chi connectivity index (χ2v) is 4.78. The highest BCUT2D eigenvalue weighted by Gasteiger charge is 2.09. The number of aryl methyl sites for hydroxylation is 2. The van der Waals surface area contributed by atoms with Crippen molar-refractivity contribution in [1.82, 2.24) is 9.78 Å². The van der Waals surface area contributed by atoms with Crippen LogP contribution >= 0.6 is 0 Å². The van der Waals surface area contributed by atoms with Crippen molar-refractivity contribution in [2.45, 2.75) is 19.9 Å². The van der Waals surface area contributed by atoms with Crippen molar-refractivity contribution < 1.29 is 9.53 Å². The summed E-state index contributed by atoms with van der Waals surface area (Å²) in [6.45, 7) is 2.71. The summed E-state index contributed by atoms with van der Waals surface area (Å²) >= 11 is 0. The minimum absolute atomic E-state index is 0.395. The van der Waals surface area contributed by atoms with E-state index in [1.807, 2.05) is 13.2 Å². The number of benzene rings is 1. The topological polar surface area (TPSA) is 82.2 Å². The van der Waals surface area contributed by atoms with E-state index in [2.05, 4.69) is 22.1 Å². The Hall–Kier alpha value is -2.50. The average Bonchev–Trinajstić information content (AvgIpc) is 2.85. The van der Waals surface area contributed by atoms with E-state index in [-0.39, 0.29) is 0 Å². The molecule has 0 atom stereocenters. The number of hydrogen-bond donors (Lipinski definition) is 2. The molecule has 3 N–H and O–H groups in total. The van der Waals surface area contributed by atoms with Crippen molar-refractivity contribution in [3.05, 3.63) is 41.2 Å². The molecule has 0 radical (unpaired) electrons. The van der Waals surface area contributed by atoms with Gasteiger partial charge in [-0.05, 0) is 24.6 Å². The molecule has 0 fully saturated rings. The monoisotopic (exact) mass is 288 g/mol. The Labute approximate surface area is 123 Å². The molecule has 21 heavy (non-hydrogen) atoms. The van der Waals surface area contributed by atoms with Crippen LogP contribution in [0.5, 0.6) is 0 Å². The first-order valence-corrected chi connectivity index (χ1v) is 6.78. The van der Waals surface area contributed by atoms with Crippen molar-refractivity contribution in [3.63, 3.8) is 0 Å². The number of rotatable bonds is 5. The second-order valence-electron chi connectivity index (χ2n) is 4.78. The van der Waals surface area contributed by atoms with Gasteiger partial charge in [-0.3, -0.25) is 4.68 Å². The predicted octanol–water partition coefficient (Wildman–Crippen LogP) is 1.96. The Kier molecular flexibility index (Phi) is 4.47. The van der Waals surface area contributed by atoms with Crippen LogP contribution in [-0.4, -0.2) is 22.9 Å². The molecule has 0 aliphatic carbocycles. The Morgan fingerprint density at radius 2 is 2.24 bits per heavy atom. The molecule has 1 aromatic heterocycles. The maximum atomic E-state index is 11.4. The summed E-state index contributed by atoms with van der Waals surface area (Å²) in [5.74, 6) is -0.395. The molecule has 6 nitrogen and oxygen atoms in total. The van der Waals surface area contributed by atoms with E-state index in [0.717, 1.165) is 23.4 Å². The minimum atomic E-state index is -0.395. The smallest absolute Gasteiger partial charge is 0.337 e. The van der Waals surface area contributed by atoms with Gasteiger partial charge in [0.1, 0.15) is 0 Å². The maximum absolute atomic E-state index is 11.4. The average molecular weight is 288 g/mol. The highest BCUT2D eigenvalue weighted by Crippen LogP contribution is 2.21. The van der Waals surface area contributed by atoms with Gasteiger partial charge < -0.3 is 15.8 Å². The molecule has 0 saturated carbocycles. The van der Waals surface area contributed by atoms with Crippen LogP contribution in [0.4, 0.5) is 11.4 Å². The van der Waals surface area contributed by atoms with Gasteiger partial charge in [-0.1, -0.05) is 6.92 Å². The normalized spacial score (nSPS) is 10.4. The number of esters is 1. The van der Waals surface area contributed by atoms with Crippen LogP contribution in [0.2, 0.25) is 0 Å². The molecule has 0 aliphatic heterocycles. The van der Waals surface area contributed by atoms with E-state index in [0.29, 0.717) is 17.8 Å². The summed E-state index contributed by atoms with van der Waals surface area (Å²) in [5.41, 5.74) is 9.90. The van der Waals surface area contributed by atoms with Gasteiger partial charge >= 0.3 is 5.97 Å². The molecule has 0 unspecified atom stereocenters. The number of carbonyl (C=O) groups is 1. The molecule has 0 spiro atoms. The quantitative estimate of drug-likeness (QED) is 0.649. The SMILES string of the molecule is CCc1nn(C)cc1CNc1ccc(C(=O)OC)cc1N. The number of nitrogens with zero attached hydrogens (tertiary/aromatic N) is 2. The summed E-state index contributed by atoms with van der Waals surface area (Å²) in [6.07, 6.45) is 2.87. The van der Waals surface area contributed by atoms with Crippen LogP contribution in [0.25, 0.3) is 0 Å². The Morgan fingerprint density at radius 1 is 1.48 bits per heavy atom. The molecule has 0 aliphatic rings. The van der Waals surface area contributed by atoms with Gasteiger partial charge in [0, 0.05) is 25.4 Å². The molecule has 0 bridgehead atoms. The van der Waals surface area contributed by atoms with Gasteiger partial charge in [0.15, 0.2) is 0 Å². The fraction of sp³-hybridized carbons (Fsp3) is 0.333. The van der Waals surface area contributed by atoms with Crippen molar-refractivity contribution in [3.8, 4) is 0 Å². The highest BCUT2D eigenvalue weighted by molar-refractivity contribution is 5.91. The van der Waals surface area contributed by atoms with Crippen molar-refractivity contribution in [2.75, 3.05) is 18.2 Å². The van der Waals surface area contributed by atoms with Crippen LogP contribution in [-0.2, 0) is 24.8 Å². The molecular formula is C15H20N4O2. The zero-order valence-corrected chi connectivity index (χ0v) is 12.5. The minimum Gasteiger partial charge on any atom is -0.465 e. The first kappa shape index (κ1) is 14.9. The second kappa shape index (κ2) is 6.30. The van der Waals surface area contributed by atoms with E-state index in [9.17, 15) is 4.79 Å². The zero-order chi connectivity index (χ0) is 15.4. The maximum Gasteiger partial charge on any atom is 0.337 e. The molecule has 1 aromatic carbocycles. The highest BCUT2D eigenvalue weighted by atomic mass is 16.5. The lowest BCUT2D eigenvalue weighted by Crippen LogP contribution is -2.06. The number of nitrogens with one attached hydrogen (secondary N) is 1. The lowest BCUT2D eigenvalue weighted by atomic mass is 10.1. The third-order valence-electron chi connectivity index (χ3n) is 3.27. The molecule has 1 heterocycles. The molecule has 6 heteroatoms. The predicted molar refractivity (Wildman–Crippen MR) is 82.1 cm³/mol. The van der Waals surface area contributed by atoms with Crippen LogP contribution in [0, 0.1) is 0 Å². The van der Waals surface area contributed by atoms with Crippen molar-refractivity contribution in [2.24, 2.45) is 7.05 Å². The third-order valence-corrected chi connectivity index (χ3v) is 3.27. The number of nitrogens with two attached hydrogens (primary N) is 1. The molecule has 0 amide bonds. The molecular weight excluding hydrogens is 268 g/mol. The number of methoxy groups -OCH3 is 1. The lowest BCUT2D eigenvalue weighted by Gasteiger charge is -2.10. The van der Waals surface area contributed by atoms with E-state index in [1.165, 1.54) is 7.11 Å². The number of nitrogen functional groups attached to an aromatic ring is 1. The number of hydrogen-bond acceptors (Lipinski definition) is 5. The van der Waals surface area contributed by atoms with E-state index < -0.39 is 5.97 Å². The Bertz CT molecular complexity index is 649. The number of ether oxygens (including phenoxy) is 1. The summed E-state index contributed by atoms with van der Waals surface area (Å²) in [4.78, 5) is 11.4. The Morgan fingerprint density at radius 3 is 2.86 bits per heavy atom. The number of anilines is 2. The standard InChI is InChI=1S/C15H20N4O2/c1-4-13-11(9-19(2)18-13)8-17-14-6-5-10(7-12(14)16)15(20)21-3/h5-7,9,17H,4,8,16H2,1-3H3. The molecule has 2 aromatic rings. The van der Waals surface area contributed by atoms with Gasteiger partial charge in [0.05, 0.1) is 29.7 Å². The Balaban J connectivity index is 2.11. The van der Waals surface area contributed by atoms with Crippen LogP contribution in [0.15, 0.2) is 24.4 Å². The first-order valence-electron chi connectivity index (χ1n) is 6.78. The van der Waals surface area contributed by atoms with Crippen LogP contribution < -0.4 is 11.1 Å². The lowest BCUT2D eigenvalue weighted by molar-refractivity contribution is 0.0601. The van der Waals surface area contributed by atoms with Crippen molar-refractivity contribution >= 4 is 17.3 Å². The van der Waals surface area contributed by atoms with E-state index >= 15 is 0 Å². The fourth-order valence-corrected chi connectivity index (χ4v) is 2.19. The molecule has 112 valence electrons. The van der Waals surface area contributed by atoms with Crippen LogP contribution in [0.1, 0.15) is 28.5 Å². The third kappa shape index (κ3) is 3.34. The summed E-state index contributed by atoms with van der Waals surface area (Å²) in [7, 11) is 3.25. The van der Waals surface area contributed by atoms with E-state index in [1.54, 1.807) is 22.9 Å². The number of aromatic nitrogens is 2. The van der Waals surface area contributed by atoms with E-state index in [4.69, 9.17) is 5.73 Å². The van der Waals surface area contributed by atoms with Crippen LogP contribution in [0.3, 0.4) is 0 Å². The van der Waals surface area contributed by atoms with Gasteiger partial charge in [-0.2, -0.15) is 5.10 Å². The van der Waals surface area contributed by atoms with Gasteiger partial charge in [0.2, 0.25) is 0 Å². The molecule has 0 saturated heterocycles. The van der Waals surface area contributed by atoms with Gasteiger partial charge in [-0.15, -0.1) is 0 Å². The zero-order valence-electron chi connectivity index (χ0n) is 12.5. The largest absolute Gasteiger partial charge is 0.465 e. The number of carbonyl (C=O) groups excluding carboxylic acids is 1. The fourth-order valence-electron chi connectivity index (χ4n) is 2.19.